The van der Waals surface area contributed by atoms with E-state index in [4.69, 9.17) is 45.6 Å². The Labute approximate surface area is 163 Å². The van der Waals surface area contributed by atoms with Crippen molar-refractivity contribution in [1.82, 2.24) is 4.90 Å². The maximum atomic E-state index is 8.74. The SMILES string of the molecule is CO/N=C/[C@@H]1[C@@H](c2ccc(Cl)c(Cl)c2)C[C@H]2CC[C@@H]1N2C.O=S(=O)(O)O. The van der Waals surface area contributed by atoms with Crippen molar-refractivity contribution in [2.24, 2.45) is 11.1 Å². The molecule has 1 aromatic carbocycles. The minimum Gasteiger partial charge on any atom is -0.399 e. The molecule has 2 heterocycles. The maximum Gasteiger partial charge on any atom is 0.394 e. The molecular formula is C16H22Cl2N2O5S. The van der Waals surface area contributed by atoms with Gasteiger partial charge < -0.3 is 4.84 Å². The van der Waals surface area contributed by atoms with Gasteiger partial charge in [-0.3, -0.25) is 14.0 Å². The molecule has 4 atom stereocenters. The van der Waals surface area contributed by atoms with Crippen molar-refractivity contribution in [3.8, 4) is 0 Å². The first-order valence-electron chi connectivity index (χ1n) is 8.05. The third-order valence-corrected chi connectivity index (χ3v) is 5.78. The molecule has 1 aromatic rings. The summed E-state index contributed by atoms with van der Waals surface area (Å²) in [5, 5.41) is 5.29. The van der Waals surface area contributed by atoms with Crippen LogP contribution in [0.3, 0.4) is 0 Å². The summed E-state index contributed by atoms with van der Waals surface area (Å²) in [6, 6.07) is 7.18. The average Bonchev–Trinajstić information content (AvgIpc) is 2.78. The minimum atomic E-state index is -4.67. The monoisotopic (exact) mass is 424 g/mol. The van der Waals surface area contributed by atoms with Crippen LogP contribution in [0.5, 0.6) is 0 Å². The molecule has 0 unspecified atom stereocenters. The first kappa shape index (κ1) is 21.4. The molecule has 0 saturated carbocycles. The number of hydrogen-bond acceptors (Lipinski definition) is 5. The van der Waals surface area contributed by atoms with Gasteiger partial charge in [-0.25, -0.2) is 0 Å². The highest BCUT2D eigenvalue weighted by Crippen LogP contribution is 2.46. The molecule has 2 aliphatic rings. The second-order valence-electron chi connectivity index (χ2n) is 6.44. The van der Waals surface area contributed by atoms with Crippen LogP contribution in [0.4, 0.5) is 0 Å². The third-order valence-electron chi connectivity index (χ3n) is 5.04. The summed E-state index contributed by atoms with van der Waals surface area (Å²) in [7, 11) is -0.851. The number of hydrogen-bond donors (Lipinski definition) is 2. The fourth-order valence-corrected chi connectivity index (χ4v) is 4.25. The van der Waals surface area contributed by atoms with Crippen molar-refractivity contribution in [2.75, 3.05) is 14.2 Å². The predicted octanol–water partition coefficient (Wildman–Crippen LogP) is 3.54. The lowest BCUT2D eigenvalue weighted by Gasteiger charge is -2.41. The van der Waals surface area contributed by atoms with Crippen LogP contribution >= 0.6 is 23.2 Å². The fourth-order valence-electron chi connectivity index (χ4n) is 3.94. The molecule has 2 N–H and O–H groups in total. The van der Waals surface area contributed by atoms with Crippen LogP contribution in [-0.4, -0.2) is 54.9 Å². The summed E-state index contributed by atoms with van der Waals surface area (Å²) < 4.78 is 31.6. The quantitative estimate of drug-likeness (QED) is 0.437. The van der Waals surface area contributed by atoms with Gasteiger partial charge in [0.1, 0.15) is 7.11 Å². The van der Waals surface area contributed by atoms with Crippen molar-refractivity contribution in [3.63, 3.8) is 0 Å². The molecule has 2 bridgehead atoms. The molecule has 26 heavy (non-hydrogen) atoms. The molecule has 0 aliphatic carbocycles. The van der Waals surface area contributed by atoms with Gasteiger partial charge in [0.05, 0.1) is 10.0 Å². The van der Waals surface area contributed by atoms with Crippen LogP contribution in [0.25, 0.3) is 0 Å². The molecule has 146 valence electrons. The van der Waals surface area contributed by atoms with E-state index >= 15 is 0 Å². The molecule has 2 fully saturated rings. The topological polar surface area (TPSA) is 99.4 Å². The van der Waals surface area contributed by atoms with Gasteiger partial charge in [0, 0.05) is 24.2 Å². The molecule has 0 aromatic heterocycles. The van der Waals surface area contributed by atoms with Gasteiger partial charge in [-0.2, -0.15) is 8.42 Å². The Morgan fingerprint density at radius 1 is 1.27 bits per heavy atom. The Balaban J connectivity index is 0.000000431. The Kier molecular flexibility index (Phi) is 7.29. The lowest BCUT2D eigenvalue weighted by Crippen LogP contribution is -2.46. The van der Waals surface area contributed by atoms with Crippen molar-refractivity contribution in [2.45, 2.75) is 37.3 Å². The Hall–Kier alpha value is -0.900. The first-order chi connectivity index (χ1) is 12.1. The smallest absolute Gasteiger partial charge is 0.394 e. The van der Waals surface area contributed by atoms with Gasteiger partial charge in [-0.1, -0.05) is 34.4 Å². The van der Waals surface area contributed by atoms with Crippen LogP contribution in [0.15, 0.2) is 23.4 Å². The van der Waals surface area contributed by atoms with Gasteiger partial charge in [0.2, 0.25) is 0 Å². The first-order valence-corrected chi connectivity index (χ1v) is 10.2. The number of fused-ring (bicyclic) bond motifs is 2. The van der Waals surface area contributed by atoms with E-state index in [1.54, 1.807) is 7.11 Å². The Bertz CT molecular complexity index is 751. The zero-order valence-corrected chi connectivity index (χ0v) is 16.7. The zero-order valence-electron chi connectivity index (χ0n) is 14.4. The van der Waals surface area contributed by atoms with E-state index in [9.17, 15) is 0 Å². The van der Waals surface area contributed by atoms with E-state index in [1.807, 2.05) is 18.3 Å². The van der Waals surface area contributed by atoms with E-state index in [0.29, 0.717) is 34.0 Å². The van der Waals surface area contributed by atoms with E-state index in [1.165, 1.54) is 18.4 Å². The van der Waals surface area contributed by atoms with Crippen molar-refractivity contribution in [3.05, 3.63) is 33.8 Å². The molecule has 2 aliphatic heterocycles. The van der Waals surface area contributed by atoms with Crippen LogP contribution in [0.2, 0.25) is 10.0 Å². The molecule has 7 nitrogen and oxygen atoms in total. The highest BCUT2D eigenvalue weighted by atomic mass is 35.5. The van der Waals surface area contributed by atoms with Crippen LogP contribution < -0.4 is 0 Å². The lowest BCUT2D eigenvalue weighted by atomic mass is 9.77. The minimum absolute atomic E-state index is 0.353. The predicted molar refractivity (Wildman–Crippen MR) is 102 cm³/mol. The van der Waals surface area contributed by atoms with Gasteiger partial charge in [0.25, 0.3) is 0 Å². The zero-order chi connectivity index (χ0) is 19.5. The van der Waals surface area contributed by atoms with Crippen LogP contribution in [-0.2, 0) is 15.2 Å². The molecule has 2 saturated heterocycles. The maximum absolute atomic E-state index is 8.74. The molecule has 10 heteroatoms. The molecule has 0 radical (unpaired) electrons. The second kappa shape index (κ2) is 8.86. The normalized spacial score (nSPS) is 28.7. The lowest BCUT2D eigenvalue weighted by molar-refractivity contribution is 0.131. The van der Waals surface area contributed by atoms with E-state index in [0.717, 1.165) is 6.42 Å². The number of oxime groups is 1. The van der Waals surface area contributed by atoms with E-state index in [2.05, 4.69) is 23.2 Å². The number of benzene rings is 1. The Morgan fingerprint density at radius 2 is 1.92 bits per heavy atom. The number of rotatable bonds is 3. The van der Waals surface area contributed by atoms with Crippen LogP contribution in [0.1, 0.15) is 30.7 Å². The molecular weight excluding hydrogens is 403 g/mol. The van der Waals surface area contributed by atoms with Gasteiger partial charge in [-0.05, 0) is 49.9 Å². The number of piperidine rings is 1. The van der Waals surface area contributed by atoms with E-state index in [-0.39, 0.29) is 0 Å². The average molecular weight is 425 g/mol. The summed E-state index contributed by atoms with van der Waals surface area (Å²) >= 11 is 12.2. The third kappa shape index (κ3) is 5.55. The highest BCUT2D eigenvalue weighted by Gasteiger charge is 2.45. The standard InChI is InChI=1S/C16H20Cl2N2O.H2O4S/c1-20-11-4-6-16(20)13(9-19-21-2)12(8-11)10-3-5-14(17)15(18)7-10;1-5(2,3)4/h3,5,7,9,11-13,16H,4,6,8H2,1-2H3;(H2,1,2,3,4)/b19-9+;/t11-,12-,13-,16+;/m1./s1. The summed E-state index contributed by atoms with van der Waals surface area (Å²) in [5.74, 6) is 0.776. The van der Waals surface area contributed by atoms with Crippen LogP contribution in [0, 0.1) is 5.92 Å². The Morgan fingerprint density at radius 3 is 2.50 bits per heavy atom. The van der Waals surface area contributed by atoms with Crippen molar-refractivity contribution >= 4 is 39.8 Å². The number of nitrogens with zero attached hydrogens (tertiary/aromatic N) is 2. The van der Waals surface area contributed by atoms with Gasteiger partial charge in [0.15, 0.2) is 0 Å². The van der Waals surface area contributed by atoms with Crippen molar-refractivity contribution in [1.29, 1.82) is 0 Å². The van der Waals surface area contributed by atoms with Crippen molar-refractivity contribution < 1.29 is 22.4 Å². The largest absolute Gasteiger partial charge is 0.399 e. The summed E-state index contributed by atoms with van der Waals surface area (Å²) in [5.41, 5.74) is 1.25. The molecule has 0 amide bonds. The number of halogens is 2. The summed E-state index contributed by atoms with van der Waals surface area (Å²) in [4.78, 5) is 7.42. The summed E-state index contributed by atoms with van der Waals surface area (Å²) in [6.45, 7) is 0. The second-order valence-corrected chi connectivity index (χ2v) is 8.15. The highest BCUT2D eigenvalue weighted by molar-refractivity contribution is 7.79. The van der Waals surface area contributed by atoms with Gasteiger partial charge >= 0.3 is 10.4 Å². The summed E-state index contributed by atoms with van der Waals surface area (Å²) in [6.07, 6.45) is 5.58. The molecule has 0 spiro atoms. The molecule has 3 rings (SSSR count). The van der Waals surface area contributed by atoms with E-state index < -0.39 is 10.4 Å². The van der Waals surface area contributed by atoms with Gasteiger partial charge in [-0.15, -0.1) is 0 Å². The fraction of sp³-hybridized carbons (Fsp3) is 0.562.